The number of halogens is 1. The van der Waals surface area contributed by atoms with Crippen molar-refractivity contribution in [2.45, 2.75) is 26.8 Å². The van der Waals surface area contributed by atoms with E-state index in [1.54, 1.807) is 16.2 Å². The van der Waals surface area contributed by atoms with Gasteiger partial charge in [-0.05, 0) is 13.8 Å². The Bertz CT molecular complexity index is 597. The van der Waals surface area contributed by atoms with Gasteiger partial charge in [-0.3, -0.25) is 4.79 Å². The number of rotatable bonds is 4. The van der Waals surface area contributed by atoms with Gasteiger partial charge in [-0.25, -0.2) is 13.4 Å². The number of nitrogens with zero attached hydrogens (tertiary/aromatic N) is 2. The summed E-state index contributed by atoms with van der Waals surface area (Å²) in [6.07, 6.45) is 0.253. The predicted octanol–water partition coefficient (Wildman–Crippen LogP) is 1.68. The van der Waals surface area contributed by atoms with Crippen molar-refractivity contribution in [3.63, 3.8) is 0 Å². The van der Waals surface area contributed by atoms with Crippen molar-refractivity contribution in [2.24, 2.45) is 5.92 Å². The zero-order valence-corrected chi connectivity index (χ0v) is 13.1. The number of carbonyl (C=O) groups is 1. The van der Waals surface area contributed by atoms with Crippen LogP contribution in [0.4, 0.5) is 0 Å². The van der Waals surface area contributed by atoms with Crippen LogP contribution in [-0.2, 0) is 20.4 Å². The summed E-state index contributed by atoms with van der Waals surface area (Å²) in [5.41, 5.74) is 0.934. The number of carbonyl (C=O) groups excluding carboxylic acids is 1. The van der Waals surface area contributed by atoms with Crippen LogP contribution in [0.15, 0.2) is 0 Å². The van der Waals surface area contributed by atoms with E-state index in [-0.39, 0.29) is 24.0 Å². The second-order valence-corrected chi connectivity index (χ2v) is 8.90. The molecule has 106 valence electrons. The summed E-state index contributed by atoms with van der Waals surface area (Å²) in [6, 6.07) is 0. The third-order valence-corrected chi connectivity index (χ3v) is 5.37. The van der Waals surface area contributed by atoms with Crippen LogP contribution in [0.1, 0.15) is 22.0 Å². The lowest BCUT2D eigenvalue weighted by atomic mass is 10.1. The van der Waals surface area contributed by atoms with E-state index < -0.39 is 9.05 Å². The number of hydrogen-bond acceptors (Lipinski definition) is 5. The molecule has 1 amide bonds. The monoisotopic (exact) mass is 322 g/mol. The molecule has 0 saturated carbocycles. The van der Waals surface area contributed by atoms with E-state index in [0.29, 0.717) is 13.1 Å². The maximum absolute atomic E-state index is 11.9. The molecule has 1 fully saturated rings. The molecule has 0 radical (unpaired) electrons. The minimum atomic E-state index is -3.55. The lowest BCUT2D eigenvalue weighted by Gasteiger charge is -2.15. The molecule has 0 bridgehead atoms. The van der Waals surface area contributed by atoms with Crippen molar-refractivity contribution < 1.29 is 13.2 Å². The molecule has 2 heterocycles. The van der Waals surface area contributed by atoms with E-state index in [2.05, 4.69) is 4.98 Å². The molecule has 0 spiro atoms. The predicted molar refractivity (Wildman–Crippen MR) is 74.8 cm³/mol. The number of amides is 1. The van der Waals surface area contributed by atoms with Crippen LogP contribution in [0, 0.1) is 19.8 Å². The zero-order valence-electron chi connectivity index (χ0n) is 10.7. The quantitative estimate of drug-likeness (QED) is 0.791. The molecule has 1 unspecified atom stereocenters. The topological polar surface area (TPSA) is 67.3 Å². The Morgan fingerprint density at radius 2 is 2.16 bits per heavy atom. The first kappa shape index (κ1) is 14.7. The molecule has 1 aliphatic heterocycles. The molecule has 1 saturated heterocycles. The van der Waals surface area contributed by atoms with Crippen molar-refractivity contribution in [3.05, 3.63) is 15.6 Å². The van der Waals surface area contributed by atoms with Crippen LogP contribution in [0.25, 0.3) is 0 Å². The van der Waals surface area contributed by atoms with Gasteiger partial charge in [0.25, 0.3) is 0 Å². The van der Waals surface area contributed by atoms with E-state index in [9.17, 15) is 13.2 Å². The van der Waals surface area contributed by atoms with Crippen LogP contribution in [0.2, 0.25) is 0 Å². The van der Waals surface area contributed by atoms with Gasteiger partial charge in [0.05, 0.1) is 23.0 Å². The van der Waals surface area contributed by atoms with E-state index in [1.807, 2.05) is 13.8 Å². The Hall–Kier alpha value is -0.660. The fourth-order valence-corrected chi connectivity index (χ4v) is 4.57. The number of hydrogen-bond donors (Lipinski definition) is 0. The normalized spacial score (nSPS) is 20.3. The van der Waals surface area contributed by atoms with Gasteiger partial charge in [-0.2, -0.15) is 0 Å². The molecule has 0 aliphatic carbocycles. The van der Waals surface area contributed by atoms with Crippen molar-refractivity contribution in [1.82, 2.24) is 9.88 Å². The highest BCUT2D eigenvalue weighted by atomic mass is 35.7. The molecule has 0 N–H and O–H groups in total. The van der Waals surface area contributed by atoms with Crippen LogP contribution < -0.4 is 0 Å². The Morgan fingerprint density at radius 1 is 1.47 bits per heavy atom. The number of thiazole rings is 1. The minimum absolute atomic E-state index is 0.0178. The average molecular weight is 323 g/mol. The first-order chi connectivity index (χ1) is 8.74. The van der Waals surface area contributed by atoms with Crippen molar-refractivity contribution >= 4 is 37.0 Å². The molecule has 0 aromatic carbocycles. The summed E-state index contributed by atoms with van der Waals surface area (Å²) in [5, 5.41) is 0.971. The molecule has 5 nitrogen and oxygen atoms in total. The van der Waals surface area contributed by atoms with Crippen LogP contribution >= 0.6 is 22.0 Å². The van der Waals surface area contributed by atoms with Crippen molar-refractivity contribution in [2.75, 3.05) is 12.3 Å². The second kappa shape index (κ2) is 5.38. The first-order valence-corrected chi connectivity index (χ1v) is 9.17. The van der Waals surface area contributed by atoms with Crippen LogP contribution in [0.3, 0.4) is 0 Å². The summed E-state index contributed by atoms with van der Waals surface area (Å²) in [7, 11) is 1.68. The lowest BCUT2D eigenvalue weighted by Crippen LogP contribution is -2.25. The fourth-order valence-electron chi connectivity index (χ4n) is 2.29. The third kappa shape index (κ3) is 3.90. The van der Waals surface area contributed by atoms with Gasteiger partial charge in [-0.15, -0.1) is 11.3 Å². The molecule has 19 heavy (non-hydrogen) atoms. The molecule has 1 aliphatic rings. The van der Waals surface area contributed by atoms with E-state index in [0.717, 1.165) is 15.6 Å². The Morgan fingerprint density at radius 3 is 2.68 bits per heavy atom. The Balaban J connectivity index is 2.03. The highest BCUT2D eigenvalue weighted by Crippen LogP contribution is 2.25. The summed E-state index contributed by atoms with van der Waals surface area (Å²) in [6.45, 7) is 4.80. The Labute approximate surface area is 121 Å². The van der Waals surface area contributed by atoms with Gasteiger partial charge in [0.2, 0.25) is 15.0 Å². The number of aryl methyl sites for hydroxylation is 2. The minimum Gasteiger partial charge on any atom is -0.337 e. The molecule has 1 aromatic heterocycles. The molecular weight excluding hydrogens is 308 g/mol. The molecule has 8 heteroatoms. The standard InChI is InChI=1S/C11H15ClN2O3S2/c1-7-10(18-8(2)13-7)5-14-4-9(3-11(14)15)6-19(12,16)17/h9H,3-6H2,1-2H3. The zero-order chi connectivity index (χ0) is 14.2. The highest BCUT2D eigenvalue weighted by Gasteiger charge is 2.32. The SMILES string of the molecule is Cc1nc(C)c(CN2CC(CS(=O)(=O)Cl)CC2=O)s1. The number of likely N-dealkylation sites (tertiary alicyclic amines) is 1. The van der Waals surface area contributed by atoms with Gasteiger partial charge < -0.3 is 4.90 Å². The molecule has 1 atom stereocenters. The smallest absolute Gasteiger partial charge is 0.232 e. The van der Waals surface area contributed by atoms with Gasteiger partial charge >= 0.3 is 0 Å². The molecule has 2 rings (SSSR count). The third-order valence-electron chi connectivity index (χ3n) is 3.06. The summed E-state index contributed by atoms with van der Waals surface area (Å²) in [4.78, 5) is 18.9. The Kier molecular flexibility index (Phi) is 4.17. The van der Waals surface area contributed by atoms with Gasteiger partial charge in [0.1, 0.15) is 0 Å². The maximum atomic E-state index is 11.9. The van der Waals surface area contributed by atoms with Gasteiger partial charge in [0, 0.05) is 34.4 Å². The largest absolute Gasteiger partial charge is 0.337 e. The fraction of sp³-hybridized carbons (Fsp3) is 0.636. The summed E-state index contributed by atoms with van der Waals surface area (Å²) < 4.78 is 22.1. The van der Waals surface area contributed by atoms with Gasteiger partial charge in [0.15, 0.2) is 0 Å². The lowest BCUT2D eigenvalue weighted by molar-refractivity contribution is -0.128. The van der Waals surface area contributed by atoms with Crippen LogP contribution in [-0.4, -0.2) is 36.5 Å². The summed E-state index contributed by atoms with van der Waals surface area (Å²) in [5.74, 6) is -0.364. The maximum Gasteiger partial charge on any atom is 0.232 e. The first-order valence-electron chi connectivity index (χ1n) is 5.87. The van der Waals surface area contributed by atoms with Crippen LogP contribution in [0.5, 0.6) is 0 Å². The van der Waals surface area contributed by atoms with Crippen molar-refractivity contribution in [3.8, 4) is 0 Å². The van der Waals surface area contributed by atoms with Crippen molar-refractivity contribution in [1.29, 1.82) is 0 Å². The van der Waals surface area contributed by atoms with E-state index in [1.165, 1.54) is 0 Å². The van der Waals surface area contributed by atoms with E-state index in [4.69, 9.17) is 10.7 Å². The summed E-state index contributed by atoms with van der Waals surface area (Å²) >= 11 is 1.57. The average Bonchev–Trinajstić information content (AvgIpc) is 2.69. The number of aromatic nitrogens is 1. The second-order valence-electron chi connectivity index (χ2n) is 4.79. The van der Waals surface area contributed by atoms with E-state index >= 15 is 0 Å². The van der Waals surface area contributed by atoms with Gasteiger partial charge in [-0.1, -0.05) is 0 Å². The highest BCUT2D eigenvalue weighted by molar-refractivity contribution is 8.13. The molecule has 1 aromatic rings. The molecular formula is C11H15ClN2O3S2.